The highest BCUT2D eigenvalue weighted by Gasteiger charge is 2.33. The molecular formula is C33H33ClF3N6O3+. The van der Waals surface area contributed by atoms with Gasteiger partial charge in [-0.25, -0.2) is 14.6 Å². The van der Waals surface area contributed by atoms with Gasteiger partial charge in [-0.3, -0.25) is 9.59 Å². The molecule has 240 valence electrons. The molecule has 2 amide bonds. The molecule has 9 nitrogen and oxygen atoms in total. The van der Waals surface area contributed by atoms with Gasteiger partial charge in [-0.2, -0.15) is 18.3 Å². The van der Waals surface area contributed by atoms with Gasteiger partial charge in [0.05, 0.1) is 34.7 Å². The summed E-state index contributed by atoms with van der Waals surface area (Å²) in [5, 5.41) is 15.4. The van der Waals surface area contributed by atoms with Crippen molar-refractivity contribution in [3.63, 3.8) is 0 Å². The summed E-state index contributed by atoms with van der Waals surface area (Å²) < 4.78 is 43.6. The first-order chi connectivity index (χ1) is 22.1. The van der Waals surface area contributed by atoms with E-state index < -0.39 is 28.6 Å². The summed E-state index contributed by atoms with van der Waals surface area (Å²) in [7, 11) is 0. The maximum Gasteiger partial charge on any atom is 0.417 e. The molecule has 5 rings (SSSR count). The minimum absolute atomic E-state index is 0.0286. The topological polar surface area (TPSA) is 103 Å². The number of nitrogens with one attached hydrogen (secondary N) is 2. The number of carbonyl (C=O) groups is 2. The van der Waals surface area contributed by atoms with Crippen molar-refractivity contribution in [3.8, 4) is 0 Å². The fraction of sp³-hybridized carbons (Fsp3) is 0.273. The van der Waals surface area contributed by atoms with E-state index in [0.29, 0.717) is 18.7 Å². The monoisotopic (exact) mass is 653 g/mol. The number of aliphatic hydroxyl groups is 1. The number of nitrogens with zero attached hydrogens (tertiary/aromatic N) is 4. The van der Waals surface area contributed by atoms with E-state index in [9.17, 15) is 22.8 Å². The summed E-state index contributed by atoms with van der Waals surface area (Å²) in [5.74, 6) is -1.07. The van der Waals surface area contributed by atoms with Crippen molar-refractivity contribution in [1.29, 1.82) is 0 Å². The zero-order valence-electron chi connectivity index (χ0n) is 24.8. The average molecular weight is 654 g/mol. The Balaban J connectivity index is 1.35. The van der Waals surface area contributed by atoms with Gasteiger partial charge in [-0.1, -0.05) is 29.8 Å². The highest BCUT2D eigenvalue weighted by molar-refractivity contribution is 6.31. The maximum absolute atomic E-state index is 13.4. The fourth-order valence-corrected chi connectivity index (χ4v) is 5.46. The van der Waals surface area contributed by atoms with Gasteiger partial charge in [-0.15, -0.1) is 0 Å². The molecule has 46 heavy (non-hydrogen) atoms. The predicted molar refractivity (Wildman–Crippen MR) is 169 cm³/mol. The van der Waals surface area contributed by atoms with Crippen LogP contribution in [-0.4, -0.2) is 47.4 Å². The lowest BCUT2D eigenvalue weighted by atomic mass is 10.1. The lowest BCUT2D eigenvalue weighted by molar-refractivity contribution is -0.697. The molecular weight excluding hydrogens is 621 g/mol. The third-order valence-electron chi connectivity index (χ3n) is 7.55. The zero-order chi connectivity index (χ0) is 32.7. The minimum atomic E-state index is -4.64. The van der Waals surface area contributed by atoms with Gasteiger partial charge < -0.3 is 15.3 Å². The molecule has 0 bridgehead atoms. The number of hydrogen-bond acceptors (Lipinski definition) is 5. The van der Waals surface area contributed by atoms with Crippen LogP contribution in [0.1, 0.15) is 56.7 Å². The molecule has 0 spiro atoms. The summed E-state index contributed by atoms with van der Waals surface area (Å²) in [6.07, 6.45) is 5.21. The summed E-state index contributed by atoms with van der Waals surface area (Å²) in [6.45, 7) is 2.68. The molecule has 1 aromatic heterocycles. The number of piperidine rings is 1. The molecule has 0 atom stereocenters. The standard InChI is InChI=1S/C33H32ClF3N6O3/c34-29-9-7-23(18-28(29)33(35,36)37)20-38-40-32(46)27-19-26(43-11-2-1-3-12-43)8-10-30(27)39-31(45)25-6-4-5-24(17-25)21-42-14-13-41(22-42)15-16-44/h4-10,13-14,17-20,22,44H,1-3,11-12,15-16,21H2,(H-,39,40,45,46)/p+1/b38-20+. The van der Waals surface area contributed by atoms with Crippen LogP contribution >= 0.6 is 11.6 Å². The van der Waals surface area contributed by atoms with Crippen LogP contribution in [0.5, 0.6) is 0 Å². The second-order valence-electron chi connectivity index (χ2n) is 10.9. The molecule has 0 radical (unpaired) electrons. The van der Waals surface area contributed by atoms with Crippen molar-refractivity contribution in [2.75, 3.05) is 29.9 Å². The maximum atomic E-state index is 13.4. The largest absolute Gasteiger partial charge is 0.417 e. The van der Waals surface area contributed by atoms with Crippen LogP contribution in [0.2, 0.25) is 5.02 Å². The number of rotatable bonds is 10. The van der Waals surface area contributed by atoms with Gasteiger partial charge in [-0.05, 0) is 72.9 Å². The van der Waals surface area contributed by atoms with Crippen LogP contribution in [-0.2, 0) is 19.3 Å². The number of benzene rings is 3. The molecule has 13 heteroatoms. The van der Waals surface area contributed by atoms with E-state index in [4.69, 9.17) is 16.7 Å². The van der Waals surface area contributed by atoms with Crippen molar-refractivity contribution >= 4 is 41.0 Å². The quantitative estimate of drug-likeness (QED) is 0.120. The number of anilines is 2. The zero-order valence-corrected chi connectivity index (χ0v) is 25.6. The summed E-state index contributed by atoms with van der Waals surface area (Å²) in [4.78, 5) is 28.9. The van der Waals surface area contributed by atoms with Crippen molar-refractivity contribution in [2.24, 2.45) is 5.10 Å². The van der Waals surface area contributed by atoms with Gasteiger partial charge >= 0.3 is 6.18 Å². The van der Waals surface area contributed by atoms with Crippen LogP contribution in [0.15, 0.2) is 84.5 Å². The van der Waals surface area contributed by atoms with Gasteiger partial charge in [0, 0.05) is 24.3 Å². The molecule has 0 aliphatic carbocycles. The summed E-state index contributed by atoms with van der Waals surface area (Å²) >= 11 is 5.70. The smallest absolute Gasteiger partial charge is 0.392 e. The van der Waals surface area contributed by atoms with Crippen molar-refractivity contribution in [2.45, 2.75) is 38.5 Å². The number of aliphatic hydroxyl groups excluding tert-OH is 1. The molecule has 1 saturated heterocycles. The predicted octanol–water partition coefficient (Wildman–Crippen LogP) is 5.49. The first-order valence-electron chi connectivity index (χ1n) is 14.8. The molecule has 0 unspecified atom stereocenters. The number of carbonyl (C=O) groups excluding carboxylic acids is 2. The van der Waals surface area contributed by atoms with E-state index in [-0.39, 0.29) is 23.4 Å². The second-order valence-corrected chi connectivity index (χ2v) is 11.3. The van der Waals surface area contributed by atoms with Crippen LogP contribution in [0.3, 0.4) is 0 Å². The van der Waals surface area contributed by atoms with Crippen molar-refractivity contribution in [1.82, 2.24) is 9.99 Å². The molecule has 4 aromatic rings. The molecule has 3 aromatic carbocycles. The van der Waals surface area contributed by atoms with E-state index in [2.05, 4.69) is 20.7 Å². The number of aromatic nitrogens is 2. The van der Waals surface area contributed by atoms with E-state index in [1.54, 1.807) is 30.3 Å². The normalized spacial score (nSPS) is 13.6. The van der Waals surface area contributed by atoms with Crippen LogP contribution in [0, 0.1) is 0 Å². The Hall–Kier alpha value is -4.68. The van der Waals surface area contributed by atoms with Crippen molar-refractivity contribution < 1.29 is 32.4 Å². The van der Waals surface area contributed by atoms with E-state index in [0.717, 1.165) is 62.0 Å². The fourth-order valence-electron chi connectivity index (χ4n) is 5.24. The Morgan fingerprint density at radius 2 is 1.83 bits per heavy atom. The van der Waals surface area contributed by atoms with E-state index in [1.807, 2.05) is 40.0 Å². The van der Waals surface area contributed by atoms with Gasteiger partial charge in [0.25, 0.3) is 11.8 Å². The Labute approximate surface area is 268 Å². The average Bonchev–Trinajstić information content (AvgIpc) is 3.48. The molecule has 3 N–H and O–H groups in total. The summed E-state index contributed by atoms with van der Waals surface area (Å²) in [6, 6.07) is 15.6. The highest BCUT2D eigenvalue weighted by atomic mass is 35.5. The van der Waals surface area contributed by atoms with Gasteiger partial charge in [0.1, 0.15) is 25.5 Å². The minimum Gasteiger partial charge on any atom is -0.392 e. The highest BCUT2D eigenvalue weighted by Crippen LogP contribution is 2.35. The Morgan fingerprint density at radius 3 is 2.59 bits per heavy atom. The molecule has 1 aliphatic rings. The number of imidazole rings is 1. The van der Waals surface area contributed by atoms with E-state index in [1.165, 1.54) is 6.07 Å². The third-order valence-corrected chi connectivity index (χ3v) is 7.88. The van der Waals surface area contributed by atoms with Crippen LogP contribution in [0.4, 0.5) is 24.5 Å². The number of amides is 2. The van der Waals surface area contributed by atoms with Gasteiger partial charge in [0.2, 0.25) is 6.33 Å². The number of halogens is 4. The van der Waals surface area contributed by atoms with Gasteiger partial charge in [0.15, 0.2) is 0 Å². The van der Waals surface area contributed by atoms with Crippen molar-refractivity contribution in [3.05, 3.63) is 112 Å². The molecule has 1 fully saturated rings. The third kappa shape index (κ3) is 8.32. The lowest BCUT2D eigenvalue weighted by Gasteiger charge is -2.29. The number of hydrazone groups is 1. The Morgan fingerprint density at radius 1 is 1.02 bits per heavy atom. The lowest BCUT2D eigenvalue weighted by Crippen LogP contribution is -2.32. The molecule has 1 aliphatic heterocycles. The Bertz CT molecular complexity index is 1730. The number of hydrogen-bond donors (Lipinski definition) is 3. The molecule has 0 saturated carbocycles. The number of alkyl halides is 3. The molecule has 2 heterocycles. The van der Waals surface area contributed by atoms with Crippen LogP contribution in [0.25, 0.3) is 0 Å². The van der Waals surface area contributed by atoms with Crippen LogP contribution < -0.4 is 20.2 Å². The first kappa shape index (κ1) is 32.7. The first-order valence-corrected chi connectivity index (χ1v) is 15.1. The Kier molecular flexibility index (Phi) is 10.4. The SMILES string of the molecule is O=C(Nc1ccc(N2CCCCC2)cc1C(=O)N/N=C/c1ccc(Cl)c(C(F)(F)F)c1)c1cccc(Cn2cc[n+](CCO)c2)c1. The second kappa shape index (κ2) is 14.6. The van der Waals surface area contributed by atoms with E-state index >= 15 is 0 Å². The summed E-state index contributed by atoms with van der Waals surface area (Å²) in [5.41, 5.74) is 3.95.